The van der Waals surface area contributed by atoms with Crippen molar-refractivity contribution in [1.29, 1.82) is 0 Å². The second kappa shape index (κ2) is 8.47. The van der Waals surface area contributed by atoms with Crippen LogP contribution < -0.4 is 0 Å². The first-order chi connectivity index (χ1) is 11.3. The third-order valence-corrected chi connectivity index (χ3v) is 4.41. The summed E-state index contributed by atoms with van der Waals surface area (Å²) in [6.45, 7) is 9.81. The van der Waals surface area contributed by atoms with Crippen molar-refractivity contribution in [3.05, 3.63) is 30.1 Å². The number of hydrogen-bond acceptors (Lipinski definition) is 4. The highest BCUT2D eigenvalue weighted by atomic mass is 16.6. The smallest absolute Gasteiger partial charge is 0.410 e. The maximum atomic E-state index is 12.0. The van der Waals surface area contributed by atoms with Crippen molar-refractivity contribution in [3.8, 4) is 0 Å². The molecule has 1 saturated heterocycles. The standard InChI is InChI=1S/C19H31N3O2/c1-19(2,3)24-18(23)21(4)15-17-8-13-22(14-9-17)12-7-16-5-10-20-11-6-16/h5-6,10-11,17H,7-9,12-15H2,1-4H3. The van der Waals surface area contributed by atoms with Crippen LogP contribution in [0.15, 0.2) is 24.5 Å². The van der Waals surface area contributed by atoms with Crippen LogP contribution in [0.2, 0.25) is 0 Å². The van der Waals surface area contributed by atoms with Crippen molar-refractivity contribution >= 4 is 6.09 Å². The molecule has 134 valence electrons. The molecule has 0 spiro atoms. The maximum absolute atomic E-state index is 12.0. The van der Waals surface area contributed by atoms with Gasteiger partial charge in [-0.05, 0) is 76.7 Å². The molecule has 5 heteroatoms. The van der Waals surface area contributed by atoms with Crippen LogP contribution in [0.4, 0.5) is 4.79 Å². The Morgan fingerprint density at radius 1 is 1.29 bits per heavy atom. The molecule has 1 aliphatic heterocycles. The van der Waals surface area contributed by atoms with Crippen LogP contribution in [-0.2, 0) is 11.2 Å². The number of hydrogen-bond donors (Lipinski definition) is 0. The molecule has 1 fully saturated rings. The van der Waals surface area contributed by atoms with Gasteiger partial charge in [-0.25, -0.2) is 4.79 Å². The summed E-state index contributed by atoms with van der Waals surface area (Å²) in [5.74, 6) is 0.569. The van der Waals surface area contributed by atoms with E-state index in [1.54, 1.807) is 4.90 Å². The molecule has 1 aromatic rings. The van der Waals surface area contributed by atoms with Gasteiger partial charge < -0.3 is 14.5 Å². The van der Waals surface area contributed by atoms with Crippen molar-refractivity contribution in [3.63, 3.8) is 0 Å². The van der Waals surface area contributed by atoms with Crippen LogP contribution in [0.1, 0.15) is 39.2 Å². The first-order valence-corrected chi connectivity index (χ1v) is 8.89. The fourth-order valence-corrected chi connectivity index (χ4v) is 3.03. The van der Waals surface area contributed by atoms with Crippen molar-refractivity contribution in [2.24, 2.45) is 5.92 Å². The van der Waals surface area contributed by atoms with Crippen LogP contribution >= 0.6 is 0 Å². The molecular weight excluding hydrogens is 302 g/mol. The van der Waals surface area contributed by atoms with Gasteiger partial charge in [-0.1, -0.05) is 0 Å². The molecule has 1 amide bonds. The summed E-state index contributed by atoms with van der Waals surface area (Å²) >= 11 is 0. The van der Waals surface area contributed by atoms with E-state index >= 15 is 0 Å². The molecule has 0 N–H and O–H groups in total. The highest BCUT2D eigenvalue weighted by Crippen LogP contribution is 2.19. The van der Waals surface area contributed by atoms with E-state index in [9.17, 15) is 4.79 Å². The van der Waals surface area contributed by atoms with Gasteiger partial charge in [0.05, 0.1) is 0 Å². The zero-order valence-electron chi connectivity index (χ0n) is 15.5. The van der Waals surface area contributed by atoms with E-state index in [2.05, 4.69) is 22.0 Å². The largest absolute Gasteiger partial charge is 0.444 e. The Balaban J connectivity index is 1.68. The van der Waals surface area contributed by atoms with Gasteiger partial charge in [0, 0.05) is 32.5 Å². The lowest BCUT2D eigenvalue weighted by Gasteiger charge is -2.34. The minimum atomic E-state index is -0.429. The topological polar surface area (TPSA) is 45.7 Å². The summed E-state index contributed by atoms with van der Waals surface area (Å²) < 4.78 is 5.42. The van der Waals surface area contributed by atoms with Crippen molar-refractivity contribution in [2.75, 3.05) is 33.2 Å². The minimum absolute atomic E-state index is 0.220. The predicted molar refractivity (Wildman–Crippen MR) is 96.0 cm³/mol. The van der Waals surface area contributed by atoms with Gasteiger partial charge in [0.1, 0.15) is 5.60 Å². The Morgan fingerprint density at radius 3 is 2.50 bits per heavy atom. The zero-order chi connectivity index (χ0) is 17.6. The molecule has 0 unspecified atom stereocenters. The number of carbonyl (C=O) groups excluding carboxylic acids is 1. The minimum Gasteiger partial charge on any atom is -0.444 e. The van der Waals surface area contributed by atoms with E-state index in [-0.39, 0.29) is 6.09 Å². The molecular formula is C19H31N3O2. The number of carbonyl (C=O) groups is 1. The Labute approximate surface area is 146 Å². The van der Waals surface area contributed by atoms with Gasteiger partial charge in [0.25, 0.3) is 0 Å². The number of pyridine rings is 1. The number of rotatable bonds is 5. The quantitative estimate of drug-likeness (QED) is 0.830. The van der Waals surface area contributed by atoms with Gasteiger partial charge >= 0.3 is 6.09 Å². The molecule has 0 aromatic carbocycles. The summed E-state index contributed by atoms with van der Waals surface area (Å²) in [5.41, 5.74) is 0.915. The van der Waals surface area contributed by atoms with E-state index < -0.39 is 5.60 Å². The van der Waals surface area contributed by atoms with Crippen molar-refractivity contribution < 1.29 is 9.53 Å². The SMILES string of the molecule is CN(CC1CCN(CCc2ccncc2)CC1)C(=O)OC(C)(C)C. The van der Waals surface area contributed by atoms with Crippen LogP contribution in [0.25, 0.3) is 0 Å². The molecule has 0 aliphatic carbocycles. The average Bonchev–Trinajstić information content (AvgIpc) is 2.53. The number of aromatic nitrogens is 1. The highest BCUT2D eigenvalue weighted by molar-refractivity contribution is 5.67. The molecule has 1 aromatic heterocycles. The summed E-state index contributed by atoms with van der Waals surface area (Å²) in [5, 5.41) is 0. The van der Waals surface area contributed by atoms with Gasteiger partial charge in [0.2, 0.25) is 0 Å². The molecule has 2 rings (SSSR count). The van der Waals surface area contributed by atoms with E-state index in [0.29, 0.717) is 5.92 Å². The Kier molecular flexibility index (Phi) is 6.60. The van der Waals surface area contributed by atoms with Crippen LogP contribution in [0.5, 0.6) is 0 Å². The summed E-state index contributed by atoms with van der Waals surface area (Å²) in [6, 6.07) is 4.17. The zero-order valence-corrected chi connectivity index (χ0v) is 15.5. The molecule has 1 aliphatic rings. The molecule has 2 heterocycles. The van der Waals surface area contributed by atoms with Crippen LogP contribution in [0, 0.1) is 5.92 Å². The van der Waals surface area contributed by atoms with Gasteiger partial charge in [-0.15, -0.1) is 0 Å². The van der Waals surface area contributed by atoms with E-state index in [4.69, 9.17) is 4.74 Å². The third kappa shape index (κ3) is 6.48. The van der Waals surface area contributed by atoms with Crippen molar-refractivity contribution in [2.45, 2.75) is 45.6 Å². The van der Waals surface area contributed by atoms with E-state index in [1.807, 2.05) is 40.2 Å². The number of amides is 1. The number of piperidine rings is 1. The Morgan fingerprint density at radius 2 is 1.92 bits per heavy atom. The average molecular weight is 333 g/mol. The van der Waals surface area contributed by atoms with Crippen molar-refractivity contribution in [1.82, 2.24) is 14.8 Å². The second-order valence-corrected chi connectivity index (χ2v) is 7.75. The van der Waals surface area contributed by atoms with Crippen LogP contribution in [-0.4, -0.2) is 59.7 Å². The first kappa shape index (κ1) is 18.7. The number of ether oxygens (including phenoxy) is 1. The highest BCUT2D eigenvalue weighted by Gasteiger charge is 2.24. The molecule has 0 bridgehead atoms. The number of nitrogens with zero attached hydrogens (tertiary/aromatic N) is 3. The van der Waals surface area contributed by atoms with Crippen LogP contribution in [0.3, 0.4) is 0 Å². The fourth-order valence-electron chi connectivity index (χ4n) is 3.03. The maximum Gasteiger partial charge on any atom is 0.410 e. The van der Waals surface area contributed by atoms with Gasteiger partial charge in [-0.3, -0.25) is 4.98 Å². The molecule has 5 nitrogen and oxygen atoms in total. The Bertz CT molecular complexity index is 505. The number of likely N-dealkylation sites (tertiary alicyclic amines) is 1. The normalized spacial score (nSPS) is 16.8. The molecule has 0 atom stereocenters. The summed E-state index contributed by atoms with van der Waals surface area (Å²) in [4.78, 5) is 20.3. The van der Waals surface area contributed by atoms with Gasteiger partial charge in [-0.2, -0.15) is 0 Å². The predicted octanol–water partition coefficient (Wildman–Crippen LogP) is 3.20. The lowest BCUT2D eigenvalue weighted by atomic mass is 9.96. The first-order valence-electron chi connectivity index (χ1n) is 8.89. The summed E-state index contributed by atoms with van der Waals surface area (Å²) in [7, 11) is 1.84. The Hall–Kier alpha value is -1.62. The third-order valence-electron chi connectivity index (χ3n) is 4.41. The lowest BCUT2D eigenvalue weighted by Crippen LogP contribution is -2.41. The molecule has 0 radical (unpaired) electrons. The molecule has 24 heavy (non-hydrogen) atoms. The summed E-state index contributed by atoms with van der Waals surface area (Å²) in [6.07, 6.45) is 6.85. The van der Waals surface area contributed by atoms with E-state index in [1.165, 1.54) is 5.56 Å². The fraction of sp³-hybridized carbons (Fsp3) is 0.684. The van der Waals surface area contributed by atoms with Gasteiger partial charge in [0.15, 0.2) is 0 Å². The monoisotopic (exact) mass is 333 g/mol. The lowest BCUT2D eigenvalue weighted by molar-refractivity contribution is 0.0250. The second-order valence-electron chi connectivity index (χ2n) is 7.75. The van der Waals surface area contributed by atoms with E-state index in [0.717, 1.165) is 45.4 Å². The molecule has 0 saturated carbocycles.